The highest BCUT2D eigenvalue weighted by molar-refractivity contribution is 8.00. The maximum absolute atomic E-state index is 12.8. The molecule has 0 aliphatic carbocycles. The van der Waals surface area contributed by atoms with Crippen LogP contribution >= 0.6 is 11.8 Å². The third kappa shape index (κ3) is 4.19. The van der Waals surface area contributed by atoms with E-state index in [0.717, 1.165) is 44.2 Å². The van der Waals surface area contributed by atoms with Crippen molar-refractivity contribution in [2.24, 2.45) is 0 Å². The van der Waals surface area contributed by atoms with E-state index in [1.165, 1.54) is 11.8 Å². The van der Waals surface area contributed by atoms with Gasteiger partial charge in [0.2, 0.25) is 5.91 Å². The summed E-state index contributed by atoms with van der Waals surface area (Å²) in [6, 6.07) is 7.70. The van der Waals surface area contributed by atoms with Gasteiger partial charge in [0, 0.05) is 32.2 Å². The molecule has 1 amide bonds. The lowest BCUT2D eigenvalue weighted by Crippen LogP contribution is -2.50. The van der Waals surface area contributed by atoms with Crippen LogP contribution in [0.1, 0.15) is 13.8 Å². The van der Waals surface area contributed by atoms with Gasteiger partial charge in [0.15, 0.2) is 5.16 Å². The number of carbonyl (C=O) groups is 1. The second kappa shape index (κ2) is 8.55. The molecule has 1 aliphatic heterocycles. The number of thioether (sulfide) groups is 1. The highest BCUT2D eigenvalue weighted by Crippen LogP contribution is 2.26. The molecule has 7 nitrogen and oxygen atoms in total. The third-order valence-corrected chi connectivity index (χ3v) is 5.65. The minimum absolute atomic E-state index is 0.158. The molecule has 1 fully saturated rings. The number of piperazine rings is 1. The smallest absolute Gasteiger partial charge is 0.235 e. The highest BCUT2D eigenvalue weighted by Gasteiger charge is 2.26. The minimum atomic E-state index is -0.211. The molecule has 1 atom stereocenters. The fourth-order valence-corrected chi connectivity index (χ4v) is 3.92. The van der Waals surface area contributed by atoms with Crippen LogP contribution in [-0.4, -0.2) is 75.6 Å². The summed E-state index contributed by atoms with van der Waals surface area (Å²) in [5, 5.41) is 8.71. The van der Waals surface area contributed by atoms with E-state index in [0.29, 0.717) is 5.16 Å². The molecule has 0 saturated carbocycles. The van der Waals surface area contributed by atoms with Crippen LogP contribution < -0.4 is 4.74 Å². The molecule has 2 heterocycles. The number of rotatable bonds is 6. The van der Waals surface area contributed by atoms with Gasteiger partial charge < -0.3 is 14.5 Å². The number of aromatic nitrogens is 3. The van der Waals surface area contributed by atoms with Crippen LogP contribution in [0.25, 0.3) is 5.69 Å². The lowest BCUT2D eigenvalue weighted by molar-refractivity contribution is -0.132. The number of hydrogen-bond acceptors (Lipinski definition) is 6. The van der Waals surface area contributed by atoms with Crippen molar-refractivity contribution in [1.29, 1.82) is 0 Å². The Morgan fingerprint density at radius 3 is 2.77 bits per heavy atom. The Morgan fingerprint density at radius 1 is 1.31 bits per heavy atom. The molecule has 1 aromatic carbocycles. The maximum Gasteiger partial charge on any atom is 0.235 e. The lowest BCUT2D eigenvalue weighted by Gasteiger charge is -2.35. The zero-order chi connectivity index (χ0) is 18.5. The fraction of sp³-hybridized carbons (Fsp3) is 0.500. The first kappa shape index (κ1) is 18.7. The molecule has 8 heteroatoms. The summed E-state index contributed by atoms with van der Waals surface area (Å²) >= 11 is 1.44. The summed E-state index contributed by atoms with van der Waals surface area (Å²) < 4.78 is 7.16. The van der Waals surface area contributed by atoms with Gasteiger partial charge in [0.05, 0.1) is 18.0 Å². The van der Waals surface area contributed by atoms with E-state index in [4.69, 9.17) is 4.74 Å². The first-order valence-corrected chi connectivity index (χ1v) is 9.72. The van der Waals surface area contributed by atoms with Gasteiger partial charge in [-0.05, 0) is 25.6 Å². The van der Waals surface area contributed by atoms with Gasteiger partial charge in [0.25, 0.3) is 0 Å². The standard InChI is InChI=1S/C18H25N5O2S/c1-4-21-8-10-22(11-9-21)17(24)14(2)26-18-20-19-13-23(18)15-6-5-7-16(12-15)25-3/h5-7,12-14H,4,8-11H2,1-3H3/t14-/m0/s1. The number of ether oxygens (including phenoxy) is 1. The maximum atomic E-state index is 12.8. The van der Waals surface area contributed by atoms with Crippen molar-refractivity contribution < 1.29 is 9.53 Å². The highest BCUT2D eigenvalue weighted by atomic mass is 32.2. The van der Waals surface area contributed by atoms with Crippen molar-refractivity contribution in [2.75, 3.05) is 39.8 Å². The molecule has 0 radical (unpaired) electrons. The average molecular weight is 375 g/mol. The Kier molecular flexibility index (Phi) is 6.16. The summed E-state index contributed by atoms with van der Waals surface area (Å²) in [6.45, 7) is 8.60. The van der Waals surface area contributed by atoms with Gasteiger partial charge >= 0.3 is 0 Å². The number of amides is 1. The van der Waals surface area contributed by atoms with E-state index in [2.05, 4.69) is 22.0 Å². The third-order valence-electron chi connectivity index (χ3n) is 4.61. The molecular formula is C18H25N5O2S. The molecule has 0 bridgehead atoms. The van der Waals surface area contributed by atoms with Crippen molar-refractivity contribution in [3.63, 3.8) is 0 Å². The molecule has 0 unspecified atom stereocenters. The van der Waals surface area contributed by atoms with Crippen LogP contribution in [0, 0.1) is 0 Å². The van der Waals surface area contributed by atoms with E-state index in [1.54, 1.807) is 13.4 Å². The lowest BCUT2D eigenvalue weighted by atomic mass is 10.3. The van der Waals surface area contributed by atoms with Gasteiger partial charge in [0.1, 0.15) is 12.1 Å². The Bertz CT molecular complexity index is 743. The Morgan fingerprint density at radius 2 is 2.08 bits per heavy atom. The first-order chi connectivity index (χ1) is 12.6. The van der Waals surface area contributed by atoms with Crippen LogP contribution in [0.15, 0.2) is 35.7 Å². The topological polar surface area (TPSA) is 63.5 Å². The molecule has 140 valence electrons. The molecule has 1 aromatic heterocycles. The van der Waals surface area contributed by atoms with E-state index in [1.807, 2.05) is 40.7 Å². The number of benzene rings is 1. The van der Waals surface area contributed by atoms with Crippen LogP contribution in [0.2, 0.25) is 0 Å². The van der Waals surface area contributed by atoms with Crippen molar-refractivity contribution >= 4 is 17.7 Å². The van der Waals surface area contributed by atoms with E-state index in [9.17, 15) is 4.79 Å². The van der Waals surface area contributed by atoms with Crippen molar-refractivity contribution in [3.8, 4) is 11.4 Å². The van der Waals surface area contributed by atoms with Gasteiger partial charge in [-0.1, -0.05) is 24.8 Å². The van der Waals surface area contributed by atoms with E-state index >= 15 is 0 Å². The summed E-state index contributed by atoms with van der Waals surface area (Å²) in [4.78, 5) is 17.1. The normalized spacial score (nSPS) is 16.5. The van der Waals surface area contributed by atoms with Crippen molar-refractivity contribution in [2.45, 2.75) is 24.3 Å². The fourth-order valence-electron chi connectivity index (χ4n) is 2.99. The number of likely N-dealkylation sites (N-methyl/N-ethyl adjacent to an activating group) is 1. The molecule has 3 rings (SSSR count). The van der Waals surface area contributed by atoms with Gasteiger partial charge in [-0.25, -0.2) is 0 Å². The molecule has 2 aromatic rings. The van der Waals surface area contributed by atoms with Gasteiger partial charge in [-0.2, -0.15) is 0 Å². The van der Waals surface area contributed by atoms with Gasteiger partial charge in [-0.3, -0.25) is 9.36 Å². The van der Waals surface area contributed by atoms with E-state index in [-0.39, 0.29) is 11.2 Å². The SMILES string of the molecule is CCN1CCN(C(=O)[C@H](C)Sc2nncn2-c2cccc(OC)c2)CC1. The zero-order valence-corrected chi connectivity index (χ0v) is 16.3. The molecule has 0 spiro atoms. The largest absolute Gasteiger partial charge is 0.497 e. The summed E-state index contributed by atoms with van der Waals surface area (Å²) in [5.74, 6) is 0.927. The second-order valence-corrected chi connectivity index (χ2v) is 7.51. The molecule has 1 saturated heterocycles. The number of methoxy groups -OCH3 is 1. The second-order valence-electron chi connectivity index (χ2n) is 6.20. The number of nitrogens with zero attached hydrogens (tertiary/aromatic N) is 5. The minimum Gasteiger partial charge on any atom is -0.497 e. The van der Waals surface area contributed by atoms with E-state index < -0.39 is 0 Å². The quantitative estimate of drug-likeness (QED) is 0.719. The molecule has 26 heavy (non-hydrogen) atoms. The average Bonchev–Trinajstić information content (AvgIpc) is 3.15. The van der Waals surface area contributed by atoms with Crippen LogP contribution in [0.5, 0.6) is 5.75 Å². The summed E-state index contributed by atoms with van der Waals surface area (Å²) in [6.07, 6.45) is 1.66. The molecular weight excluding hydrogens is 350 g/mol. The summed E-state index contributed by atoms with van der Waals surface area (Å²) in [7, 11) is 1.64. The van der Waals surface area contributed by atoms with Crippen molar-refractivity contribution in [3.05, 3.63) is 30.6 Å². The van der Waals surface area contributed by atoms with Gasteiger partial charge in [-0.15, -0.1) is 10.2 Å². The van der Waals surface area contributed by atoms with Crippen LogP contribution in [0.4, 0.5) is 0 Å². The number of hydrogen-bond donors (Lipinski definition) is 0. The Labute approximate surface area is 158 Å². The van der Waals surface area contributed by atoms with Crippen molar-refractivity contribution in [1.82, 2.24) is 24.6 Å². The Balaban J connectivity index is 1.67. The Hall–Kier alpha value is -2.06. The molecule has 0 N–H and O–H groups in total. The van der Waals surface area contributed by atoms with Crippen LogP contribution in [0.3, 0.4) is 0 Å². The van der Waals surface area contributed by atoms with Crippen LogP contribution in [-0.2, 0) is 4.79 Å². The predicted octanol–water partition coefficient (Wildman–Crippen LogP) is 1.92. The first-order valence-electron chi connectivity index (χ1n) is 8.84. The predicted molar refractivity (Wildman–Crippen MR) is 102 cm³/mol. The monoisotopic (exact) mass is 375 g/mol. The zero-order valence-electron chi connectivity index (χ0n) is 15.5. The molecule has 1 aliphatic rings. The number of carbonyl (C=O) groups excluding carboxylic acids is 1. The summed E-state index contributed by atoms with van der Waals surface area (Å²) in [5.41, 5.74) is 0.910.